The maximum absolute atomic E-state index is 5.89. The van der Waals surface area contributed by atoms with Gasteiger partial charge in [0.25, 0.3) is 0 Å². The summed E-state index contributed by atoms with van der Waals surface area (Å²) in [5, 5.41) is 7.82. The molecule has 0 aliphatic rings. The number of thiazole rings is 1. The molecule has 0 bridgehead atoms. The van der Waals surface area contributed by atoms with Crippen molar-refractivity contribution in [1.82, 2.24) is 15.6 Å². The van der Waals surface area contributed by atoms with Crippen LogP contribution in [0, 0.1) is 13.8 Å². The fourth-order valence-electron chi connectivity index (χ4n) is 2.68. The Hall–Kier alpha value is -1.92. The lowest BCUT2D eigenvalue weighted by atomic mass is 10.1. The predicted octanol–water partition coefficient (Wildman–Crippen LogP) is 3.64. The average Bonchev–Trinajstić information content (AvgIpc) is 2.97. The summed E-state index contributed by atoms with van der Waals surface area (Å²) in [4.78, 5) is 10.1. The molecule has 0 amide bonds. The molecule has 0 saturated carbocycles. The number of nitrogens with one attached hydrogen (secondary N) is 2. The first-order chi connectivity index (χ1) is 12.6. The van der Waals surface area contributed by atoms with E-state index >= 15 is 0 Å². The van der Waals surface area contributed by atoms with Gasteiger partial charge in [0.1, 0.15) is 0 Å². The van der Waals surface area contributed by atoms with E-state index in [9.17, 15) is 0 Å². The van der Waals surface area contributed by atoms with Gasteiger partial charge in [0.2, 0.25) is 0 Å². The molecule has 5 nitrogen and oxygen atoms in total. The fraction of sp³-hybridized carbons (Fsp3) is 0.500. The second kappa shape index (κ2) is 10.9. The molecule has 1 heterocycles. The Morgan fingerprint density at radius 1 is 1.19 bits per heavy atom. The number of aromatic nitrogens is 1. The molecule has 2 N–H and O–H groups in total. The molecule has 1 unspecified atom stereocenters. The van der Waals surface area contributed by atoms with Gasteiger partial charge in [-0.3, -0.25) is 4.99 Å². The standard InChI is InChI=1S/C20H30N4OS/c1-15-19(26-17(3)24-15)11-13-23-20(21-4)22-12-8-14-25-16(2)18-9-6-5-7-10-18/h5-7,9-10,16H,8,11-14H2,1-4H3,(H2,21,22,23). The van der Waals surface area contributed by atoms with Crippen LogP contribution in [0.2, 0.25) is 0 Å². The Kier molecular flexibility index (Phi) is 8.58. The molecular weight excluding hydrogens is 344 g/mol. The Labute approximate surface area is 160 Å². The molecule has 2 rings (SSSR count). The summed E-state index contributed by atoms with van der Waals surface area (Å²) in [6.07, 6.45) is 2.03. The minimum Gasteiger partial charge on any atom is -0.374 e. The Morgan fingerprint density at radius 3 is 2.58 bits per heavy atom. The van der Waals surface area contributed by atoms with E-state index in [0.29, 0.717) is 0 Å². The molecule has 0 spiro atoms. The molecule has 2 aromatic rings. The molecule has 142 valence electrons. The lowest BCUT2D eigenvalue weighted by Crippen LogP contribution is -2.39. The second-order valence-corrected chi connectivity index (χ2v) is 7.48. The van der Waals surface area contributed by atoms with Crippen LogP contribution in [-0.2, 0) is 11.2 Å². The number of benzene rings is 1. The maximum atomic E-state index is 5.89. The summed E-state index contributed by atoms with van der Waals surface area (Å²) < 4.78 is 5.89. The number of aryl methyl sites for hydroxylation is 2. The Balaban J connectivity index is 1.59. The largest absolute Gasteiger partial charge is 0.374 e. The van der Waals surface area contributed by atoms with E-state index in [1.54, 1.807) is 18.4 Å². The first-order valence-corrected chi connectivity index (χ1v) is 9.95. The second-order valence-electron chi connectivity index (χ2n) is 6.19. The predicted molar refractivity (Wildman–Crippen MR) is 110 cm³/mol. The average molecular weight is 375 g/mol. The number of guanidine groups is 1. The highest BCUT2D eigenvalue weighted by molar-refractivity contribution is 7.11. The van der Waals surface area contributed by atoms with Crippen LogP contribution < -0.4 is 10.6 Å². The van der Waals surface area contributed by atoms with Crippen molar-refractivity contribution < 1.29 is 4.74 Å². The number of hydrogen-bond donors (Lipinski definition) is 2. The maximum Gasteiger partial charge on any atom is 0.190 e. The molecule has 1 atom stereocenters. The Morgan fingerprint density at radius 2 is 1.92 bits per heavy atom. The van der Waals surface area contributed by atoms with E-state index in [1.165, 1.54) is 10.4 Å². The van der Waals surface area contributed by atoms with E-state index in [0.717, 1.165) is 49.2 Å². The molecule has 1 aromatic carbocycles. The van der Waals surface area contributed by atoms with Crippen molar-refractivity contribution >= 4 is 17.3 Å². The van der Waals surface area contributed by atoms with Crippen LogP contribution in [0.25, 0.3) is 0 Å². The van der Waals surface area contributed by atoms with Gasteiger partial charge in [-0.1, -0.05) is 30.3 Å². The zero-order chi connectivity index (χ0) is 18.8. The van der Waals surface area contributed by atoms with Crippen molar-refractivity contribution in [1.29, 1.82) is 0 Å². The van der Waals surface area contributed by atoms with Crippen LogP contribution in [0.15, 0.2) is 35.3 Å². The summed E-state index contributed by atoms with van der Waals surface area (Å²) >= 11 is 1.77. The van der Waals surface area contributed by atoms with Crippen LogP contribution in [-0.4, -0.2) is 37.7 Å². The van der Waals surface area contributed by atoms with Crippen LogP contribution in [0.3, 0.4) is 0 Å². The zero-order valence-corrected chi connectivity index (χ0v) is 17.0. The summed E-state index contributed by atoms with van der Waals surface area (Å²) in [6.45, 7) is 8.62. The molecule has 6 heteroatoms. The number of ether oxygens (including phenoxy) is 1. The van der Waals surface area contributed by atoms with Crippen molar-refractivity contribution in [3.8, 4) is 0 Å². The smallest absolute Gasteiger partial charge is 0.190 e. The van der Waals surface area contributed by atoms with Gasteiger partial charge < -0.3 is 15.4 Å². The third kappa shape index (κ3) is 6.77. The fourth-order valence-corrected chi connectivity index (χ4v) is 3.62. The lowest BCUT2D eigenvalue weighted by molar-refractivity contribution is 0.0646. The minimum absolute atomic E-state index is 0.125. The monoisotopic (exact) mass is 374 g/mol. The highest BCUT2D eigenvalue weighted by Crippen LogP contribution is 2.17. The van der Waals surface area contributed by atoms with Crippen LogP contribution in [0.1, 0.15) is 40.6 Å². The SMILES string of the molecule is CN=C(NCCCOC(C)c1ccccc1)NCCc1sc(C)nc1C. The highest BCUT2D eigenvalue weighted by Gasteiger charge is 2.06. The molecule has 0 radical (unpaired) electrons. The molecular formula is C20H30N4OS. The molecule has 1 aromatic heterocycles. The molecule has 0 saturated heterocycles. The summed E-state index contributed by atoms with van der Waals surface area (Å²) in [6, 6.07) is 10.3. The minimum atomic E-state index is 0.125. The zero-order valence-electron chi connectivity index (χ0n) is 16.2. The van der Waals surface area contributed by atoms with Gasteiger partial charge in [0.15, 0.2) is 5.96 Å². The van der Waals surface area contributed by atoms with Crippen LogP contribution in [0.4, 0.5) is 0 Å². The third-order valence-corrected chi connectivity index (χ3v) is 5.25. The quantitative estimate of drug-likeness (QED) is 0.400. The van der Waals surface area contributed by atoms with E-state index < -0.39 is 0 Å². The van der Waals surface area contributed by atoms with E-state index in [2.05, 4.69) is 53.5 Å². The van der Waals surface area contributed by atoms with Gasteiger partial charge >= 0.3 is 0 Å². The first kappa shape index (κ1) is 20.4. The van der Waals surface area contributed by atoms with Gasteiger partial charge in [-0.2, -0.15) is 0 Å². The van der Waals surface area contributed by atoms with Gasteiger partial charge in [-0.25, -0.2) is 4.98 Å². The van der Waals surface area contributed by atoms with Crippen LogP contribution in [0.5, 0.6) is 0 Å². The number of aliphatic imine (C=N–C) groups is 1. The van der Waals surface area contributed by atoms with Gasteiger partial charge in [0, 0.05) is 38.0 Å². The Bertz CT molecular complexity index is 684. The third-order valence-electron chi connectivity index (χ3n) is 4.12. The lowest BCUT2D eigenvalue weighted by Gasteiger charge is -2.14. The van der Waals surface area contributed by atoms with Gasteiger partial charge in [-0.05, 0) is 32.8 Å². The topological polar surface area (TPSA) is 58.5 Å². The first-order valence-electron chi connectivity index (χ1n) is 9.14. The number of hydrogen-bond acceptors (Lipinski definition) is 4. The number of nitrogens with zero attached hydrogens (tertiary/aromatic N) is 2. The molecule has 0 aliphatic carbocycles. The molecule has 0 fully saturated rings. The molecule has 26 heavy (non-hydrogen) atoms. The summed E-state index contributed by atoms with van der Waals surface area (Å²) in [5.74, 6) is 0.833. The van der Waals surface area contributed by atoms with Crippen molar-refractivity contribution in [2.24, 2.45) is 4.99 Å². The van der Waals surface area contributed by atoms with E-state index in [1.807, 2.05) is 18.2 Å². The van der Waals surface area contributed by atoms with Crippen molar-refractivity contribution in [3.05, 3.63) is 51.5 Å². The highest BCUT2D eigenvalue weighted by atomic mass is 32.1. The van der Waals surface area contributed by atoms with Crippen LogP contribution >= 0.6 is 11.3 Å². The normalized spacial score (nSPS) is 12.8. The van der Waals surface area contributed by atoms with Gasteiger partial charge in [0.05, 0.1) is 16.8 Å². The number of rotatable bonds is 9. The summed E-state index contributed by atoms with van der Waals surface area (Å²) in [5.41, 5.74) is 2.36. The summed E-state index contributed by atoms with van der Waals surface area (Å²) in [7, 11) is 1.80. The van der Waals surface area contributed by atoms with Crippen molar-refractivity contribution in [2.45, 2.75) is 39.7 Å². The van der Waals surface area contributed by atoms with Crippen molar-refractivity contribution in [2.75, 3.05) is 26.7 Å². The van der Waals surface area contributed by atoms with Crippen molar-refractivity contribution in [3.63, 3.8) is 0 Å². The molecule has 0 aliphatic heterocycles. The van der Waals surface area contributed by atoms with Gasteiger partial charge in [-0.15, -0.1) is 11.3 Å². The van der Waals surface area contributed by atoms with E-state index in [-0.39, 0.29) is 6.10 Å². The van der Waals surface area contributed by atoms with E-state index in [4.69, 9.17) is 4.74 Å².